The second kappa shape index (κ2) is 9.33. The van der Waals surface area contributed by atoms with Crippen molar-refractivity contribution in [1.29, 1.82) is 0 Å². The van der Waals surface area contributed by atoms with E-state index in [1.54, 1.807) is 10.8 Å². The van der Waals surface area contributed by atoms with Crippen molar-refractivity contribution < 1.29 is 40.6 Å². The molecule has 0 aromatic heterocycles. The third kappa shape index (κ3) is 5.81. The van der Waals surface area contributed by atoms with Crippen LogP contribution in [0.5, 0.6) is 0 Å². The van der Waals surface area contributed by atoms with Crippen LogP contribution in [0.4, 0.5) is 17.6 Å². The quantitative estimate of drug-likeness (QED) is 0.285. The van der Waals surface area contributed by atoms with Gasteiger partial charge >= 0.3 is 5.97 Å². The van der Waals surface area contributed by atoms with E-state index in [1.165, 1.54) is 45.0 Å². The standard InChI is InChI=1S/C20H21F4NO5S/c1-20(2,3)30-19(27)13(10-26)25-31(28,29)18-12(9-11-7-5-4-6-8-11)14(21)15(22)16(23)17(18)24/h4-8,13,25-26H,9-10H2,1-3H3/t13-/m0/s1. The first-order chi connectivity index (χ1) is 14.3. The van der Waals surface area contributed by atoms with Gasteiger partial charge in [0.15, 0.2) is 23.3 Å². The van der Waals surface area contributed by atoms with Gasteiger partial charge in [-0.15, -0.1) is 0 Å². The van der Waals surface area contributed by atoms with E-state index in [1.807, 2.05) is 0 Å². The summed E-state index contributed by atoms with van der Waals surface area (Å²) < 4.78 is 89.0. The molecule has 0 aliphatic carbocycles. The van der Waals surface area contributed by atoms with Gasteiger partial charge in [-0.25, -0.2) is 26.0 Å². The highest BCUT2D eigenvalue weighted by Crippen LogP contribution is 2.30. The molecule has 0 saturated heterocycles. The van der Waals surface area contributed by atoms with Gasteiger partial charge in [0.2, 0.25) is 10.0 Å². The predicted molar refractivity (Wildman–Crippen MR) is 103 cm³/mol. The van der Waals surface area contributed by atoms with Crippen LogP contribution in [0.2, 0.25) is 0 Å². The number of nitrogens with one attached hydrogen (secondary N) is 1. The van der Waals surface area contributed by atoms with Crippen molar-refractivity contribution in [2.45, 2.75) is 43.7 Å². The summed E-state index contributed by atoms with van der Waals surface area (Å²) >= 11 is 0. The van der Waals surface area contributed by atoms with Crippen molar-refractivity contribution >= 4 is 16.0 Å². The molecule has 2 N–H and O–H groups in total. The molecule has 11 heteroatoms. The molecule has 170 valence electrons. The number of carbonyl (C=O) groups excluding carboxylic acids is 1. The lowest BCUT2D eigenvalue weighted by Gasteiger charge is -2.24. The zero-order chi connectivity index (χ0) is 23.6. The van der Waals surface area contributed by atoms with Crippen molar-refractivity contribution in [3.8, 4) is 0 Å². The highest BCUT2D eigenvalue weighted by molar-refractivity contribution is 7.89. The Morgan fingerprint density at radius 3 is 2.10 bits per heavy atom. The van der Waals surface area contributed by atoms with Crippen molar-refractivity contribution in [2.24, 2.45) is 0 Å². The molecule has 0 saturated carbocycles. The van der Waals surface area contributed by atoms with Crippen molar-refractivity contribution in [1.82, 2.24) is 4.72 Å². The van der Waals surface area contributed by atoms with E-state index >= 15 is 0 Å². The average Bonchev–Trinajstić information content (AvgIpc) is 2.68. The summed E-state index contributed by atoms with van der Waals surface area (Å²) in [4.78, 5) is 10.6. The van der Waals surface area contributed by atoms with Gasteiger partial charge in [0, 0.05) is 12.0 Å². The Bertz CT molecular complexity index is 1070. The van der Waals surface area contributed by atoms with E-state index in [2.05, 4.69) is 0 Å². The first-order valence-corrected chi connectivity index (χ1v) is 10.5. The highest BCUT2D eigenvalue weighted by Gasteiger charge is 2.36. The normalized spacial score (nSPS) is 13.2. The van der Waals surface area contributed by atoms with E-state index in [0.717, 1.165) is 0 Å². The second-order valence-electron chi connectivity index (χ2n) is 7.62. The summed E-state index contributed by atoms with van der Waals surface area (Å²) in [6.45, 7) is 3.36. The van der Waals surface area contributed by atoms with Crippen LogP contribution in [0.25, 0.3) is 0 Å². The first-order valence-electron chi connectivity index (χ1n) is 9.03. The molecular formula is C20H21F4NO5S. The number of halogens is 4. The fourth-order valence-electron chi connectivity index (χ4n) is 2.67. The summed E-state index contributed by atoms with van der Waals surface area (Å²) in [5.74, 6) is -9.74. The Labute approximate surface area is 176 Å². The molecule has 0 aliphatic heterocycles. The maximum Gasteiger partial charge on any atom is 0.327 e. The Balaban J connectivity index is 2.57. The van der Waals surface area contributed by atoms with Crippen LogP contribution in [-0.2, 0) is 26.0 Å². The molecule has 0 spiro atoms. The molecule has 0 amide bonds. The Hall–Kier alpha value is -2.50. The number of rotatable bonds is 7. The van der Waals surface area contributed by atoms with Crippen LogP contribution in [0.15, 0.2) is 35.2 Å². The van der Waals surface area contributed by atoms with Crippen molar-refractivity contribution in [2.75, 3.05) is 6.61 Å². The summed E-state index contributed by atoms with van der Waals surface area (Å²) in [6.07, 6.45) is -0.590. The summed E-state index contributed by atoms with van der Waals surface area (Å²) in [6, 6.07) is 5.65. The number of aliphatic hydroxyl groups excluding tert-OH is 1. The number of benzene rings is 2. The molecule has 0 radical (unpaired) electrons. The van der Waals surface area contributed by atoms with Gasteiger partial charge < -0.3 is 9.84 Å². The minimum absolute atomic E-state index is 0.286. The van der Waals surface area contributed by atoms with Gasteiger partial charge in [-0.05, 0) is 26.3 Å². The number of sulfonamides is 1. The average molecular weight is 463 g/mol. The van der Waals surface area contributed by atoms with E-state index in [4.69, 9.17) is 4.74 Å². The van der Waals surface area contributed by atoms with Crippen LogP contribution in [-0.4, -0.2) is 37.7 Å². The van der Waals surface area contributed by atoms with Gasteiger partial charge in [-0.1, -0.05) is 30.3 Å². The second-order valence-corrected chi connectivity index (χ2v) is 9.27. The number of hydrogen-bond acceptors (Lipinski definition) is 5. The fourth-order valence-corrected chi connectivity index (χ4v) is 4.15. The molecule has 6 nitrogen and oxygen atoms in total. The lowest BCUT2D eigenvalue weighted by Crippen LogP contribution is -2.46. The number of esters is 1. The zero-order valence-electron chi connectivity index (χ0n) is 16.9. The lowest BCUT2D eigenvalue weighted by molar-refractivity contribution is -0.157. The van der Waals surface area contributed by atoms with Crippen LogP contribution >= 0.6 is 0 Å². The molecule has 2 aromatic rings. The number of ether oxygens (including phenoxy) is 1. The SMILES string of the molecule is CC(C)(C)OC(=O)[C@H](CO)NS(=O)(=O)c1c(F)c(F)c(F)c(F)c1Cc1ccccc1. The van der Waals surface area contributed by atoms with Crippen LogP contribution in [0, 0.1) is 23.3 Å². The fraction of sp³-hybridized carbons (Fsp3) is 0.350. The maximum atomic E-state index is 14.5. The molecule has 0 aliphatic rings. The lowest BCUT2D eigenvalue weighted by atomic mass is 10.0. The minimum Gasteiger partial charge on any atom is -0.459 e. The van der Waals surface area contributed by atoms with Crippen LogP contribution in [0.1, 0.15) is 31.9 Å². The van der Waals surface area contributed by atoms with Crippen molar-refractivity contribution in [3.05, 3.63) is 64.7 Å². The first kappa shape index (κ1) is 24.8. The van der Waals surface area contributed by atoms with Gasteiger partial charge in [0.25, 0.3) is 0 Å². The molecular weight excluding hydrogens is 442 g/mol. The zero-order valence-corrected chi connectivity index (χ0v) is 17.7. The molecule has 0 unspecified atom stereocenters. The molecule has 0 fully saturated rings. The molecule has 0 heterocycles. The largest absolute Gasteiger partial charge is 0.459 e. The Morgan fingerprint density at radius 2 is 1.58 bits per heavy atom. The molecule has 2 aromatic carbocycles. The smallest absolute Gasteiger partial charge is 0.327 e. The van der Waals surface area contributed by atoms with Gasteiger partial charge in [0.1, 0.15) is 16.5 Å². The summed E-state index contributed by atoms with van der Waals surface area (Å²) in [5, 5.41) is 9.40. The van der Waals surface area contributed by atoms with E-state index in [0.29, 0.717) is 0 Å². The third-order valence-electron chi connectivity index (χ3n) is 3.98. The van der Waals surface area contributed by atoms with Gasteiger partial charge in [-0.2, -0.15) is 4.72 Å². The molecule has 0 bridgehead atoms. The van der Waals surface area contributed by atoms with E-state index in [-0.39, 0.29) is 5.56 Å². The summed E-state index contributed by atoms with van der Waals surface area (Å²) in [5.41, 5.74) is -1.74. The van der Waals surface area contributed by atoms with Crippen LogP contribution in [0.3, 0.4) is 0 Å². The third-order valence-corrected chi connectivity index (χ3v) is 5.54. The minimum atomic E-state index is -5.15. The number of carbonyl (C=O) groups is 1. The highest BCUT2D eigenvalue weighted by atomic mass is 32.2. The van der Waals surface area contributed by atoms with Crippen LogP contribution < -0.4 is 4.72 Å². The molecule has 1 atom stereocenters. The number of aliphatic hydroxyl groups is 1. The predicted octanol–water partition coefficient (Wildman–Crippen LogP) is 2.81. The Morgan fingerprint density at radius 1 is 1.03 bits per heavy atom. The van der Waals surface area contributed by atoms with Gasteiger partial charge in [-0.3, -0.25) is 4.79 Å². The Kier molecular flexibility index (Phi) is 7.45. The van der Waals surface area contributed by atoms with E-state index in [9.17, 15) is 35.9 Å². The molecule has 31 heavy (non-hydrogen) atoms. The number of hydrogen-bond donors (Lipinski definition) is 2. The topological polar surface area (TPSA) is 92.7 Å². The molecule has 2 rings (SSSR count). The van der Waals surface area contributed by atoms with Crippen molar-refractivity contribution in [3.63, 3.8) is 0 Å². The van der Waals surface area contributed by atoms with Gasteiger partial charge in [0.05, 0.1) is 6.61 Å². The monoisotopic (exact) mass is 463 g/mol. The maximum absolute atomic E-state index is 14.5. The van der Waals surface area contributed by atoms with E-state index < -0.39 is 74.4 Å². The summed E-state index contributed by atoms with van der Waals surface area (Å²) in [7, 11) is -5.15.